The van der Waals surface area contributed by atoms with Gasteiger partial charge in [-0.25, -0.2) is 0 Å². The van der Waals surface area contributed by atoms with E-state index in [-0.39, 0.29) is 0 Å². The van der Waals surface area contributed by atoms with Gasteiger partial charge in [0, 0.05) is 17.1 Å². The van der Waals surface area contributed by atoms with Crippen molar-refractivity contribution in [1.29, 1.82) is 0 Å². The van der Waals surface area contributed by atoms with Gasteiger partial charge < -0.3 is 10.1 Å². The zero-order chi connectivity index (χ0) is 13.7. The van der Waals surface area contributed by atoms with Gasteiger partial charge >= 0.3 is 0 Å². The number of ether oxygens (including phenoxy) is 1. The van der Waals surface area contributed by atoms with Crippen molar-refractivity contribution < 1.29 is 4.74 Å². The third kappa shape index (κ3) is 3.87. The van der Waals surface area contributed by atoms with Crippen molar-refractivity contribution in [3.05, 3.63) is 58.1 Å². The first kappa shape index (κ1) is 14.2. The molecular weight excluding hydrogens is 281 g/mol. The van der Waals surface area contributed by atoms with Crippen LogP contribution in [0.5, 0.6) is 11.5 Å². The third-order valence-electron chi connectivity index (χ3n) is 2.65. The molecule has 0 fully saturated rings. The summed E-state index contributed by atoms with van der Waals surface area (Å²) in [5.41, 5.74) is 1.03. The summed E-state index contributed by atoms with van der Waals surface area (Å²) < 4.78 is 5.86. The summed E-state index contributed by atoms with van der Waals surface area (Å²) in [4.78, 5) is 0. The van der Waals surface area contributed by atoms with Crippen LogP contribution in [0, 0.1) is 0 Å². The molecule has 0 saturated heterocycles. The van der Waals surface area contributed by atoms with Crippen molar-refractivity contribution in [1.82, 2.24) is 5.32 Å². The van der Waals surface area contributed by atoms with Gasteiger partial charge in [0.1, 0.15) is 11.5 Å². The molecule has 2 nitrogen and oxygen atoms in total. The fourth-order valence-corrected chi connectivity index (χ4v) is 2.05. The van der Waals surface area contributed by atoms with Crippen LogP contribution in [0.25, 0.3) is 0 Å². The van der Waals surface area contributed by atoms with E-state index >= 15 is 0 Å². The normalized spacial score (nSPS) is 10.5. The highest BCUT2D eigenvalue weighted by Gasteiger charge is 2.09. The molecule has 0 aromatic heterocycles. The van der Waals surface area contributed by atoms with E-state index in [2.05, 4.69) is 12.2 Å². The van der Waals surface area contributed by atoms with Gasteiger partial charge in [-0.3, -0.25) is 0 Å². The molecule has 4 heteroatoms. The molecule has 0 spiro atoms. The molecule has 2 aromatic carbocycles. The minimum absolute atomic E-state index is 0.602. The predicted molar refractivity (Wildman–Crippen MR) is 80.4 cm³/mol. The topological polar surface area (TPSA) is 21.3 Å². The molecule has 0 saturated carbocycles. The maximum Gasteiger partial charge on any atom is 0.150 e. The Morgan fingerprint density at radius 2 is 1.79 bits per heavy atom. The van der Waals surface area contributed by atoms with Crippen LogP contribution < -0.4 is 10.1 Å². The monoisotopic (exact) mass is 295 g/mol. The van der Waals surface area contributed by atoms with Crippen LogP contribution in [0.1, 0.15) is 12.5 Å². The average Bonchev–Trinajstić information content (AvgIpc) is 2.42. The van der Waals surface area contributed by atoms with Crippen molar-refractivity contribution in [2.24, 2.45) is 0 Å². The van der Waals surface area contributed by atoms with E-state index in [0.29, 0.717) is 15.8 Å². The van der Waals surface area contributed by atoms with Crippen molar-refractivity contribution in [3.8, 4) is 11.5 Å². The molecule has 0 aliphatic heterocycles. The summed E-state index contributed by atoms with van der Waals surface area (Å²) in [6.45, 7) is 3.68. The van der Waals surface area contributed by atoms with Gasteiger partial charge in [-0.2, -0.15) is 0 Å². The first-order valence-corrected chi connectivity index (χ1v) is 6.88. The Balaban J connectivity index is 2.25. The maximum atomic E-state index is 6.21. The Hall–Kier alpha value is -1.22. The van der Waals surface area contributed by atoms with E-state index in [4.69, 9.17) is 27.9 Å². The van der Waals surface area contributed by atoms with Crippen molar-refractivity contribution >= 4 is 23.2 Å². The summed E-state index contributed by atoms with van der Waals surface area (Å²) in [6, 6.07) is 13.0. The lowest BCUT2D eigenvalue weighted by atomic mass is 10.2. The second kappa shape index (κ2) is 6.80. The summed E-state index contributed by atoms with van der Waals surface area (Å²) in [6.07, 6.45) is 0. The first-order valence-electron chi connectivity index (χ1n) is 6.12. The fraction of sp³-hybridized carbons (Fsp3) is 0.200. The quantitative estimate of drug-likeness (QED) is 0.847. The summed E-state index contributed by atoms with van der Waals surface area (Å²) in [5.74, 6) is 1.41. The SMILES string of the molecule is CCNCc1cccc(Cl)c1Oc1ccc(Cl)cc1. The van der Waals surface area contributed by atoms with Gasteiger partial charge in [0.25, 0.3) is 0 Å². The number of benzene rings is 2. The Morgan fingerprint density at radius 3 is 2.47 bits per heavy atom. The van der Waals surface area contributed by atoms with E-state index in [1.165, 1.54) is 0 Å². The summed E-state index contributed by atoms with van der Waals surface area (Å²) >= 11 is 12.1. The Labute approximate surface area is 123 Å². The second-order valence-corrected chi connectivity index (χ2v) is 4.91. The number of halogens is 2. The highest BCUT2D eigenvalue weighted by Crippen LogP contribution is 2.33. The molecule has 1 N–H and O–H groups in total. The molecule has 0 unspecified atom stereocenters. The molecule has 0 aliphatic carbocycles. The van der Waals surface area contributed by atoms with Crippen molar-refractivity contribution in [2.45, 2.75) is 13.5 Å². The molecule has 0 radical (unpaired) electrons. The molecule has 0 bridgehead atoms. The lowest BCUT2D eigenvalue weighted by Crippen LogP contribution is -2.12. The van der Waals surface area contributed by atoms with Crippen molar-refractivity contribution in [3.63, 3.8) is 0 Å². The summed E-state index contributed by atoms with van der Waals surface area (Å²) in [5, 5.41) is 4.55. The fourth-order valence-electron chi connectivity index (χ4n) is 1.69. The largest absolute Gasteiger partial charge is 0.455 e. The van der Waals surface area contributed by atoms with Gasteiger partial charge in [-0.1, -0.05) is 42.3 Å². The molecule has 0 heterocycles. The van der Waals surface area contributed by atoms with Crippen LogP contribution in [-0.4, -0.2) is 6.54 Å². The zero-order valence-electron chi connectivity index (χ0n) is 10.6. The molecule has 2 rings (SSSR count). The van der Waals surface area contributed by atoms with E-state index < -0.39 is 0 Å². The van der Waals surface area contributed by atoms with Gasteiger partial charge in [0.05, 0.1) is 5.02 Å². The number of hydrogen-bond acceptors (Lipinski definition) is 2. The zero-order valence-corrected chi connectivity index (χ0v) is 12.1. The molecule has 0 amide bonds. The maximum absolute atomic E-state index is 6.21. The van der Waals surface area contributed by atoms with Gasteiger partial charge in [-0.15, -0.1) is 0 Å². The van der Waals surface area contributed by atoms with E-state index in [9.17, 15) is 0 Å². The molecule has 0 aliphatic rings. The molecule has 100 valence electrons. The van der Waals surface area contributed by atoms with Crippen LogP contribution in [0.4, 0.5) is 0 Å². The lowest BCUT2D eigenvalue weighted by Gasteiger charge is -2.13. The second-order valence-electron chi connectivity index (χ2n) is 4.06. The minimum Gasteiger partial charge on any atom is -0.455 e. The Morgan fingerprint density at radius 1 is 1.05 bits per heavy atom. The van der Waals surface area contributed by atoms with Crippen molar-refractivity contribution in [2.75, 3.05) is 6.54 Å². The van der Waals surface area contributed by atoms with Crippen LogP contribution in [0.15, 0.2) is 42.5 Å². The highest BCUT2D eigenvalue weighted by molar-refractivity contribution is 6.32. The summed E-state index contributed by atoms with van der Waals surface area (Å²) in [7, 11) is 0. The Bertz CT molecular complexity index is 540. The molecule has 19 heavy (non-hydrogen) atoms. The molecular formula is C15H15Cl2NO. The number of para-hydroxylation sites is 1. The number of nitrogens with one attached hydrogen (secondary N) is 1. The molecule has 2 aromatic rings. The van der Waals surface area contributed by atoms with Crippen LogP contribution in [0.2, 0.25) is 10.0 Å². The lowest BCUT2D eigenvalue weighted by molar-refractivity contribution is 0.473. The van der Waals surface area contributed by atoms with Crippen LogP contribution >= 0.6 is 23.2 Å². The van der Waals surface area contributed by atoms with Crippen LogP contribution in [-0.2, 0) is 6.54 Å². The van der Waals surface area contributed by atoms with E-state index in [1.807, 2.05) is 30.3 Å². The molecule has 0 atom stereocenters. The minimum atomic E-state index is 0.602. The van der Waals surface area contributed by atoms with Gasteiger partial charge in [0.2, 0.25) is 0 Å². The number of hydrogen-bond donors (Lipinski definition) is 1. The van der Waals surface area contributed by atoms with Gasteiger partial charge in [-0.05, 0) is 36.9 Å². The first-order chi connectivity index (χ1) is 9.20. The van der Waals surface area contributed by atoms with E-state index in [1.54, 1.807) is 12.1 Å². The average molecular weight is 296 g/mol. The number of rotatable bonds is 5. The standard InChI is InChI=1S/C15H15Cl2NO/c1-2-18-10-11-4-3-5-14(17)15(11)19-13-8-6-12(16)7-9-13/h3-9,18H,2,10H2,1H3. The smallest absolute Gasteiger partial charge is 0.150 e. The Kier molecular flexibility index (Phi) is 5.08. The third-order valence-corrected chi connectivity index (χ3v) is 3.20. The van der Waals surface area contributed by atoms with E-state index in [0.717, 1.165) is 24.4 Å². The highest BCUT2D eigenvalue weighted by atomic mass is 35.5. The van der Waals surface area contributed by atoms with Gasteiger partial charge in [0.15, 0.2) is 0 Å². The van der Waals surface area contributed by atoms with Crippen LogP contribution in [0.3, 0.4) is 0 Å². The predicted octanol–water partition coefficient (Wildman–Crippen LogP) is 4.90.